The second kappa shape index (κ2) is 16.3. The molecule has 1 rings (SSSR count). The van der Waals surface area contributed by atoms with Crippen molar-refractivity contribution in [1.29, 1.82) is 0 Å². The zero-order chi connectivity index (χ0) is 16.0. The Morgan fingerprint density at radius 2 is 1.16 bits per heavy atom. The van der Waals surface area contributed by atoms with E-state index in [2.05, 4.69) is 19.1 Å². The average Bonchev–Trinajstić information content (AvgIpc) is 2.47. The first-order valence-corrected chi connectivity index (χ1v) is 7.78. The van der Waals surface area contributed by atoms with Gasteiger partial charge in [0, 0.05) is 0 Å². The molecular formula is C15H28O3Zr. The number of rotatable bonds is 0. The molecule has 0 aromatic rings. The molecule has 0 unspecified atom stereocenters. The summed E-state index contributed by atoms with van der Waals surface area (Å²) in [5.74, 6) is 0. The number of hydrogen-bond acceptors (Lipinski definition) is 3. The van der Waals surface area contributed by atoms with Crippen LogP contribution in [0.1, 0.15) is 54.9 Å². The van der Waals surface area contributed by atoms with Crippen molar-refractivity contribution in [1.82, 2.24) is 0 Å². The van der Waals surface area contributed by atoms with Crippen molar-refractivity contribution in [3.8, 4) is 0 Å². The van der Waals surface area contributed by atoms with Gasteiger partial charge in [-0.25, -0.2) is 0 Å². The fourth-order valence-electron chi connectivity index (χ4n) is 0.615. The first kappa shape index (κ1) is 24.3. The molecule has 0 heterocycles. The molecule has 0 saturated heterocycles. The number of hydrogen-bond donors (Lipinski definition) is 0. The molecule has 0 aromatic carbocycles. The van der Waals surface area contributed by atoms with Crippen LogP contribution in [0.25, 0.3) is 0 Å². The third-order valence-corrected chi connectivity index (χ3v) is 2.64. The summed E-state index contributed by atoms with van der Waals surface area (Å²) < 4.78 is 1.60. The molecule has 0 fully saturated rings. The van der Waals surface area contributed by atoms with Gasteiger partial charge in [0.15, 0.2) is 0 Å². The molecule has 0 saturated carbocycles. The molecule has 0 atom stereocenters. The molecule has 0 amide bonds. The van der Waals surface area contributed by atoms with Crippen LogP contribution in [0.2, 0.25) is 0 Å². The summed E-state index contributed by atoms with van der Waals surface area (Å²) in [5, 5.41) is 28.6. The van der Waals surface area contributed by atoms with Gasteiger partial charge in [-0.15, -0.1) is 18.3 Å². The van der Waals surface area contributed by atoms with E-state index in [1.54, 1.807) is 69.5 Å². The van der Waals surface area contributed by atoms with Crippen molar-refractivity contribution < 1.29 is 40.0 Å². The molecule has 0 radical (unpaired) electrons. The van der Waals surface area contributed by atoms with Gasteiger partial charge in [0.1, 0.15) is 0 Å². The van der Waals surface area contributed by atoms with Crippen molar-refractivity contribution in [2.24, 2.45) is 0 Å². The summed E-state index contributed by atoms with van der Waals surface area (Å²) >= 11 is 1.58. The molecule has 0 aromatic heterocycles. The van der Waals surface area contributed by atoms with Crippen molar-refractivity contribution in [2.75, 3.05) is 0 Å². The molecule has 110 valence electrons. The molecule has 0 bridgehead atoms. The van der Waals surface area contributed by atoms with E-state index in [1.165, 1.54) is 12.0 Å². The maximum atomic E-state index is 9.53. The van der Waals surface area contributed by atoms with E-state index in [4.69, 9.17) is 0 Å². The second-order valence-corrected chi connectivity index (χ2v) is 6.40. The third kappa shape index (κ3) is 45.9. The summed E-state index contributed by atoms with van der Waals surface area (Å²) in [4.78, 5) is 0. The Balaban J connectivity index is -0.000000189. The van der Waals surface area contributed by atoms with Crippen molar-refractivity contribution in [3.05, 3.63) is 21.0 Å². The Hall–Kier alpha value is 0.243. The van der Waals surface area contributed by atoms with Crippen LogP contribution < -0.4 is 15.3 Å². The zero-order valence-corrected chi connectivity index (χ0v) is 15.8. The van der Waals surface area contributed by atoms with E-state index in [0.29, 0.717) is 0 Å². The van der Waals surface area contributed by atoms with E-state index in [-0.39, 0.29) is 0 Å². The van der Waals surface area contributed by atoms with Gasteiger partial charge in [0.25, 0.3) is 0 Å². The SMILES string of the molecule is CC(C)[O-].CC(C)[O-].CC(C)[O-].CC1=[C]([Zr+3])CC=C1. The van der Waals surface area contributed by atoms with Gasteiger partial charge in [-0.2, -0.15) is 0 Å². The molecule has 3 nitrogen and oxygen atoms in total. The van der Waals surface area contributed by atoms with E-state index >= 15 is 0 Å². The molecule has 1 aliphatic carbocycles. The van der Waals surface area contributed by atoms with Gasteiger partial charge in [-0.05, 0) is 0 Å². The first-order valence-electron chi connectivity index (χ1n) is 6.56. The molecule has 1 aliphatic rings. The maximum absolute atomic E-state index is 9.53. The van der Waals surface area contributed by atoms with Crippen LogP contribution in [-0.2, 0) is 24.7 Å². The van der Waals surface area contributed by atoms with E-state index in [9.17, 15) is 15.3 Å². The summed E-state index contributed by atoms with van der Waals surface area (Å²) in [6, 6.07) is 0. The fraction of sp³-hybridized carbons (Fsp3) is 0.733. The van der Waals surface area contributed by atoms with Crippen LogP contribution in [0.15, 0.2) is 21.0 Å². The van der Waals surface area contributed by atoms with Crippen LogP contribution in [-0.4, -0.2) is 18.3 Å². The Bertz CT molecular complexity index is 221. The van der Waals surface area contributed by atoms with E-state index < -0.39 is 18.3 Å². The average molecular weight is 348 g/mol. The third-order valence-electron chi connectivity index (χ3n) is 1.17. The standard InChI is InChI=1S/C6H7.3C3H7O.Zr/c1-6-4-2-3-5-6;3*1-3(2)4;/h2,4H,3H2,1H3;3*3H,1-2H3;/q;3*-1;+3. The molecule has 4 heteroatoms. The van der Waals surface area contributed by atoms with Crippen LogP contribution in [0.4, 0.5) is 0 Å². The van der Waals surface area contributed by atoms with Gasteiger partial charge in [0.2, 0.25) is 0 Å². The fourth-order valence-corrected chi connectivity index (χ4v) is 1.11. The van der Waals surface area contributed by atoms with Crippen LogP contribution in [0.5, 0.6) is 0 Å². The van der Waals surface area contributed by atoms with Gasteiger partial charge in [-0.3, -0.25) is 0 Å². The minimum atomic E-state index is -0.417. The van der Waals surface area contributed by atoms with E-state index in [1.807, 2.05) is 0 Å². The molecular weight excluding hydrogens is 319 g/mol. The number of allylic oxidation sites excluding steroid dienone is 4. The van der Waals surface area contributed by atoms with Gasteiger partial charge < -0.3 is 15.3 Å². The second-order valence-electron chi connectivity index (χ2n) is 4.91. The Kier molecular flexibility index (Phi) is 20.8. The van der Waals surface area contributed by atoms with Gasteiger partial charge in [-0.1, -0.05) is 41.5 Å². The van der Waals surface area contributed by atoms with Crippen molar-refractivity contribution >= 4 is 0 Å². The van der Waals surface area contributed by atoms with Gasteiger partial charge >= 0.3 is 59.1 Å². The van der Waals surface area contributed by atoms with Crippen LogP contribution in [0.3, 0.4) is 0 Å². The Morgan fingerprint density at radius 1 is 0.895 bits per heavy atom. The monoisotopic (exact) mass is 346 g/mol. The normalized spacial score (nSPS) is 12.8. The van der Waals surface area contributed by atoms with E-state index in [0.717, 1.165) is 0 Å². The molecule has 19 heavy (non-hydrogen) atoms. The Morgan fingerprint density at radius 3 is 1.21 bits per heavy atom. The minimum absolute atomic E-state index is 0.417. The Labute approximate surface area is 134 Å². The summed E-state index contributed by atoms with van der Waals surface area (Å²) in [6.07, 6.45) is 4.38. The van der Waals surface area contributed by atoms with Crippen LogP contribution >= 0.6 is 0 Å². The summed E-state index contributed by atoms with van der Waals surface area (Å²) in [5.41, 5.74) is 1.48. The summed E-state index contributed by atoms with van der Waals surface area (Å²) in [7, 11) is 0. The quantitative estimate of drug-likeness (QED) is 0.657. The molecule has 0 N–H and O–H groups in total. The zero-order valence-electron chi connectivity index (χ0n) is 13.3. The topological polar surface area (TPSA) is 69.2 Å². The summed E-state index contributed by atoms with van der Waals surface area (Å²) in [6.45, 7) is 11.8. The van der Waals surface area contributed by atoms with Crippen molar-refractivity contribution in [3.63, 3.8) is 0 Å². The predicted octanol–water partition coefficient (Wildman–Crippen LogP) is 1.03. The molecule has 0 spiro atoms. The molecule has 0 aliphatic heterocycles. The van der Waals surface area contributed by atoms with Crippen molar-refractivity contribution in [2.45, 2.75) is 73.2 Å². The van der Waals surface area contributed by atoms with Crippen LogP contribution in [0, 0.1) is 0 Å². The van der Waals surface area contributed by atoms with Gasteiger partial charge in [0.05, 0.1) is 0 Å². The first-order chi connectivity index (χ1) is 8.50. The predicted molar refractivity (Wildman–Crippen MR) is 71.9 cm³/mol.